The average Bonchev–Trinajstić information content (AvgIpc) is 2.67. The van der Waals surface area contributed by atoms with Crippen molar-refractivity contribution in [2.24, 2.45) is 0 Å². The smallest absolute Gasteiger partial charge is 0.124 e. The van der Waals surface area contributed by atoms with Crippen LogP contribution < -0.4 is 10.1 Å². The Bertz CT molecular complexity index is 856. The van der Waals surface area contributed by atoms with Crippen molar-refractivity contribution in [3.8, 4) is 5.75 Å². The van der Waals surface area contributed by atoms with E-state index in [1.807, 2.05) is 0 Å². The summed E-state index contributed by atoms with van der Waals surface area (Å²) < 4.78 is 6.18. The van der Waals surface area contributed by atoms with Crippen LogP contribution in [0.5, 0.6) is 5.75 Å². The molecule has 1 atom stereocenters. The molecule has 3 rings (SSSR count). The first-order valence-corrected chi connectivity index (χ1v) is 9.24. The summed E-state index contributed by atoms with van der Waals surface area (Å²) in [4.78, 5) is 0. The normalized spacial score (nSPS) is 12.3. The van der Waals surface area contributed by atoms with Crippen molar-refractivity contribution in [1.29, 1.82) is 0 Å². The number of benzene rings is 3. The SMILES string of the molecule is CC[C@@H](CO)NCc1c(OCc2cccc(C)c2)ccc2ccccc12. The second-order valence-electron chi connectivity index (χ2n) is 6.71. The molecule has 0 unspecified atom stereocenters. The Kier molecular flexibility index (Phi) is 6.26. The molecule has 3 heteroatoms. The van der Waals surface area contributed by atoms with Gasteiger partial charge in [0.2, 0.25) is 0 Å². The maximum atomic E-state index is 9.47. The maximum absolute atomic E-state index is 9.47. The highest BCUT2D eigenvalue weighted by Crippen LogP contribution is 2.29. The monoisotopic (exact) mass is 349 g/mol. The molecule has 0 aliphatic carbocycles. The van der Waals surface area contributed by atoms with E-state index in [0.717, 1.165) is 17.7 Å². The molecule has 0 spiro atoms. The van der Waals surface area contributed by atoms with Crippen LogP contribution in [0.15, 0.2) is 60.7 Å². The quantitative estimate of drug-likeness (QED) is 0.625. The molecule has 3 nitrogen and oxygen atoms in total. The molecule has 3 aromatic rings. The third-order valence-corrected chi connectivity index (χ3v) is 4.76. The van der Waals surface area contributed by atoms with Gasteiger partial charge in [-0.1, -0.05) is 67.1 Å². The molecule has 3 aromatic carbocycles. The fourth-order valence-corrected chi connectivity index (χ4v) is 3.18. The molecule has 136 valence electrons. The van der Waals surface area contributed by atoms with Gasteiger partial charge in [0, 0.05) is 18.2 Å². The van der Waals surface area contributed by atoms with Crippen LogP contribution in [-0.4, -0.2) is 17.8 Å². The van der Waals surface area contributed by atoms with Gasteiger partial charge < -0.3 is 15.2 Å². The highest BCUT2D eigenvalue weighted by Gasteiger charge is 2.11. The molecule has 0 aliphatic heterocycles. The van der Waals surface area contributed by atoms with Gasteiger partial charge in [0.05, 0.1) is 6.61 Å². The van der Waals surface area contributed by atoms with Gasteiger partial charge in [0.15, 0.2) is 0 Å². The largest absolute Gasteiger partial charge is 0.489 e. The third kappa shape index (κ3) is 4.43. The minimum atomic E-state index is 0.0959. The second-order valence-corrected chi connectivity index (χ2v) is 6.71. The van der Waals surface area contributed by atoms with Crippen molar-refractivity contribution in [1.82, 2.24) is 5.32 Å². The number of aliphatic hydroxyl groups is 1. The number of rotatable bonds is 8. The van der Waals surface area contributed by atoms with Crippen LogP contribution in [-0.2, 0) is 13.2 Å². The number of hydrogen-bond acceptors (Lipinski definition) is 3. The van der Waals surface area contributed by atoms with Gasteiger partial charge in [0.1, 0.15) is 12.4 Å². The van der Waals surface area contributed by atoms with Crippen molar-refractivity contribution >= 4 is 10.8 Å². The number of aliphatic hydroxyl groups excluding tert-OH is 1. The minimum absolute atomic E-state index is 0.0959. The lowest BCUT2D eigenvalue weighted by Crippen LogP contribution is -2.31. The number of hydrogen-bond donors (Lipinski definition) is 2. The first-order valence-electron chi connectivity index (χ1n) is 9.24. The summed E-state index contributed by atoms with van der Waals surface area (Å²) in [5.41, 5.74) is 3.54. The Morgan fingerprint density at radius 3 is 2.65 bits per heavy atom. The van der Waals surface area contributed by atoms with E-state index in [1.165, 1.54) is 21.9 Å². The molecule has 0 saturated heterocycles. The minimum Gasteiger partial charge on any atom is -0.489 e. The van der Waals surface area contributed by atoms with Gasteiger partial charge in [-0.2, -0.15) is 0 Å². The Hall–Kier alpha value is -2.36. The van der Waals surface area contributed by atoms with Crippen molar-refractivity contribution in [2.75, 3.05) is 6.61 Å². The molecular weight excluding hydrogens is 322 g/mol. The van der Waals surface area contributed by atoms with Gasteiger partial charge in [0.25, 0.3) is 0 Å². The van der Waals surface area contributed by atoms with Gasteiger partial charge >= 0.3 is 0 Å². The van der Waals surface area contributed by atoms with E-state index in [-0.39, 0.29) is 12.6 Å². The summed E-state index contributed by atoms with van der Waals surface area (Å²) in [6, 6.07) is 21.0. The Morgan fingerprint density at radius 2 is 1.88 bits per heavy atom. The van der Waals surface area contributed by atoms with E-state index in [9.17, 15) is 5.11 Å². The van der Waals surface area contributed by atoms with Crippen molar-refractivity contribution < 1.29 is 9.84 Å². The number of nitrogens with one attached hydrogen (secondary N) is 1. The van der Waals surface area contributed by atoms with Gasteiger partial charge in [-0.05, 0) is 35.7 Å². The summed E-state index contributed by atoms with van der Waals surface area (Å²) in [7, 11) is 0. The van der Waals surface area contributed by atoms with E-state index in [2.05, 4.69) is 79.8 Å². The maximum Gasteiger partial charge on any atom is 0.124 e. The molecule has 0 radical (unpaired) electrons. The number of fused-ring (bicyclic) bond motifs is 1. The summed E-state index contributed by atoms with van der Waals surface area (Å²) in [6.45, 7) is 5.52. The molecule has 0 aromatic heterocycles. The van der Waals surface area contributed by atoms with Gasteiger partial charge in [-0.3, -0.25) is 0 Å². The van der Waals surface area contributed by atoms with Crippen LogP contribution >= 0.6 is 0 Å². The van der Waals surface area contributed by atoms with E-state index in [1.54, 1.807) is 0 Å². The molecular formula is C23H27NO2. The van der Waals surface area contributed by atoms with Crippen LogP contribution in [0, 0.1) is 6.92 Å². The molecule has 0 aliphatic rings. The Morgan fingerprint density at radius 1 is 1.04 bits per heavy atom. The fourth-order valence-electron chi connectivity index (χ4n) is 3.18. The summed E-state index contributed by atoms with van der Waals surface area (Å²) in [5, 5.41) is 15.3. The van der Waals surface area contributed by atoms with Gasteiger partial charge in [-0.15, -0.1) is 0 Å². The van der Waals surface area contributed by atoms with Crippen molar-refractivity contribution in [3.63, 3.8) is 0 Å². The number of ether oxygens (including phenoxy) is 1. The Labute approximate surface area is 155 Å². The second kappa shape index (κ2) is 8.84. The summed E-state index contributed by atoms with van der Waals surface area (Å²) in [6.07, 6.45) is 0.890. The predicted molar refractivity (Wildman–Crippen MR) is 107 cm³/mol. The van der Waals surface area contributed by atoms with E-state index >= 15 is 0 Å². The predicted octanol–water partition coefficient (Wildman–Crippen LogP) is 4.59. The van der Waals surface area contributed by atoms with Crippen LogP contribution in [0.2, 0.25) is 0 Å². The first kappa shape index (κ1) is 18.4. The van der Waals surface area contributed by atoms with Crippen LogP contribution in [0.1, 0.15) is 30.0 Å². The van der Waals surface area contributed by atoms with E-state index in [0.29, 0.717) is 13.2 Å². The molecule has 0 amide bonds. The molecule has 2 N–H and O–H groups in total. The zero-order valence-electron chi connectivity index (χ0n) is 15.5. The molecule has 26 heavy (non-hydrogen) atoms. The summed E-state index contributed by atoms with van der Waals surface area (Å²) in [5.74, 6) is 0.894. The van der Waals surface area contributed by atoms with Crippen molar-refractivity contribution in [3.05, 3.63) is 77.4 Å². The zero-order chi connectivity index (χ0) is 18.4. The molecule has 0 bridgehead atoms. The van der Waals surface area contributed by atoms with Gasteiger partial charge in [-0.25, -0.2) is 0 Å². The fraction of sp³-hybridized carbons (Fsp3) is 0.304. The molecule has 0 fully saturated rings. The van der Waals surface area contributed by atoms with Crippen LogP contribution in [0.4, 0.5) is 0 Å². The van der Waals surface area contributed by atoms with Crippen molar-refractivity contribution in [2.45, 2.75) is 39.5 Å². The lowest BCUT2D eigenvalue weighted by molar-refractivity contribution is 0.237. The van der Waals surface area contributed by atoms with Crippen LogP contribution in [0.3, 0.4) is 0 Å². The molecule has 0 heterocycles. The van der Waals surface area contributed by atoms with E-state index < -0.39 is 0 Å². The topological polar surface area (TPSA) is 41.5 Å². The number of aryl methyl sites for hydroxylation is 1. The summed E-state index contributed by atoms with van der Waals surface area (Å²) >= 11 is 0. The third-order valence-electron chi connectivity index (χ3n) is 4.76. The standard InChI is InChI=1S/C23H27NO2/c1-3-20(15-25)24-14-22-21-10-5-4-9-19(21)11-12-23(22)26-16-18-8-6-7-17(2)13-18/h4-13,20,24-25H,3,14-16H2,1-2H3/t20-/m0/s1. The molecule has 0 saturated carbocycles. The highest BCUT2D eigenvalue weighted by atomic mass is 16.5. The lowest BCUT2D eigenvalue weighted by Gasteiger charge is -2.18. The highest BCUT2D eigenvalue weighted by molar-refractivity contribution is 5.87. The van der Waals surface area contributed by atoms with E-state index in [4.69, 9.17) is 4.74 Å². The Balaban J connectivity index is 1.86. The van der Waals surface area contributed by atoms with Crippen LogP contribution in [0.25, 0.3) is 10.8 Å². The lowest BCUT2D eigenvalue weighted by atomic mass is 10.0. The average molecular weight is 349 g/mol. The first-order chi connectivity index (χ1) is 12.7. The zero-order valence-corrected chi connectivity index (χ0v) is 15.5.